The molecule has 0 unspecified atom stereocenters. The molecule has 19 heavy (non-hydrogen) atoms. The molecule has 0 radical (unpaired) electrons. The summed E-state index contributed by atoms with van der Waals surface area (Å²) in [6.07, 6.45) is 7.17. The second-order valence-electron chi connectivity index (χ2n) is 4.94. The molecular weight excluding hydrogens is 236 g/mol. The fourth-order valence-corrected chi connectivity index (χ4v) is 2.02. The maximum atomic E-state index is 4.68. The summed E-state index contributed by atoms with van der Waals surface area (Å²) in [6.45, 7) is 3.09. The molecule has 2 aromatic rings. The summed E-state index contributed by atoms with van der Waals surface area (Å²) >= 11 is 0. The van der Waals surface area contributed by atoms with E-state index in [1.54, 1.807) is 6.20 Å². The molecular formula is C15H18N4. The standard InChI is InChI=1S/C15H18N4/c1-2-7-17-14-9-13(11-5-6-11)18-15(19-14)12-4-3-8-16-10-12/h3-4,8-11H,2,5-7H2,1H3,(H,17,18,19). The third kappa shape index (κ3) is 2.89. The molecule has 0 amide bonds. The van der Waals surface area contributed by atoms with E-state index in [1.807, 2.05) is 18.3 Å². The predicted molar refractivity (Wildman–Crippen MR) is 76.0 cm³/mol. The Kier molecular flexibility index (Phi) is 3.40. The number of rotatable bonds is 5. The zero-order valence-electron chi connectivity index (χ0n) is 11.1. The highest BCUT2D eigenvalue weighted by Crippen LogP contribution is 2.40. The summed E-state index contributed by atoms with van der Waals surface area (Å²) in [4.78, 5) is 13.4. The van der Waals surface area contributed by atoms with Crippen LogP contribution < -0.4 is 5.32 Å². The molecule has 0 saturated heterocycles. The van der Waals surface area contributed by atoms with Crippen LogP contribution in [0.4, 0.5) is 5.82 Å². The monoisotopic (exact) mass is 254 g/mol. The highest BCUT2D eigenvalue weighted by atomic mass is 15.0. The highest BCUT2D eigenvalue weighted by Gasteiger charge is 2.26. The van der Waals surface area contributed by atoms with Gasteiger partial charge in [-0.05, 0) is 31.4 Å². The van der Waals surface area contributed by atoms with Gasteiger partial charge in [-0.2, -0.15) is 0 Å². The Morgan fingerprint density at radius 3 is 2.89 bits per heavy atom. The van der Waals surface area contributed by atoms with Gasteiger partial charge in [0.1, 0.15) is 5.82 Å². The highest BCUT2D eigenvalue weighted by molar-refractivity contribution is 5.56. The maximum Gasteiger partial charge on any atom is 0.163 e. The Morgan fingerprint density at radius 1 is 1.32 bits per heavy atom. The fourth-order valence-electron chi connectivity index (χ4n) is 2.02. The van der Waals surface area contributed by atoms with Crippen molar-refractivity contribution in [2.45, 2.75) is 32.1 Å². The SMILES string of the molecule is CCCNc1cc(C2CC2)nc(-c2cccnc2)n1. The molecule has 2 aromatic heterocycles. The first-order valence-corrected chi connectivity index (χ1v) is 6.90. The molecule has 3 rings (SSSR count). The van der Waals surface area contributed by atoms with Gasteiger partial charge in [-0.3, -0.25) is 4.98 Å². The minimum absolute atomic E-state index is 0.626. The minimum atomic E-state index is 0.626. The van der Waals surface area contributed by atoms with Crippen molar-refractivity contribution in [2.24, 2.45) is 0 Å². The molecule has 0 bridgehead atoms. The summed E-state index contributed by atoms with van der Waals surface area (Å²) < 4.78 is 0. The van der Waals surface area contributed by atoms with Crippen LogP contribution in [0.2, 0.25) is 0 Å². The van der Waals surface area contributed by atoms with Gasteiger partial charge in [0.25, 0.3) is 0 Å². The van der Waals surface area contributed by atoms with Crippen LogP contribution in [0.1, 0.15) is 37.8 Å². The fraction of sp³-hybridized carbons (Fsp3) is 0.400. The maximum absolute atomic E-state index is 4.68. The van der Waals surface area contributed by atoms with Crippen LogP contribution in [0, 0.1) is 0 Å². The van der Waals surface area contributed by atoms with E-state index >= 15 is 0 Å². The van der Waals surface area contributed by atoms with Gasteiger partial charge in [-0.1, -0.05) is 6.92 Å². The predicted octanol–water partition coefficient (Wildman–Crippen LogP) is 3.24. The summed E-state index contributed by atoms with van der Waals surface area (Å²) in [7, 11) is 0. The van der Waals surface area contributed by atoms with E-state index in [1.165, 1.54) is 12.8 Å². The lowest BCUT2D eigenvalue weighted by Gasteiger charge is -2.09. The lowest BCUT2D eigenvalue weighted by molar-refractivity contribution is 0.947. The Bertz CT molecular complexity index is 549. The molecule has 1 aliphatic carbocycles. The molecule has 0 aliphatic heterocycles. The zero-order chi connectivity index (χ0) is 13.1. The Balaban J connectivity index is 1.96. The smallest absolute Gasteiger partial charge is 0.163 e. The molecule has 98 valence electrons. The molecule has 2 heterocycles. The van der Waals surface area contributed by atoms with Gasteiger partial charge in [0.2, 0.25) is 0 Å². The van der Waals surface area contributed by atoms with Gasteiger partial charge in [-0.15, -0.1) is 0 Å². The van der Waals surface area contributed by atoms with Crippen LogP contribution in [0.3, 0.4) is 0 Å². The summed E-state index contributed by atoms with van der Waals surface area (Å²) in [5, 5.41) is 3.36. The van der Waals surface area contributed by atoms with Crippen LogP contribution in [-0.2, 0) is 0 Å². The van der Waals surface area contributed by atoms with Crippen molar-refractivity contribution in [2.75, 3.05) is 11.9 Å². The van der Waals surface area contributed by atoms with Crippen molar-refractivity contribution >= 4 is 5.82 Å². The number of anilines is 1. The van der Waals surface area contributed by atoms with E-state index in [2.05, 4.69) is 33.3 Å². The third-order valence-electron chi connectivity index (χ3n) is 3.22. The molecule has 4 heteroatoms. The van der Waals surface area contributed by atoms with Crippen molar-refractivity contribution < 1.29 is 0 Å². The molecule has 1 saturated carbocycles. The Morgan fingerprint density at radius 2 is 2.21 bits per heavy atom. The van der Waals surface area contributed by atoms with Crippen molar-refractivity contribution in [3.05, 3.63) is 36.3 Å². The van der Waals surface area contributed by atoms with Crippen LogP contribution >= 0.6 is 0 Å². The molecule has 4 nitrogen and oxygen atoms in total. The topological polar surface area (TPSA) is 50.7 Å². The molecule has 1 fully saturated rings. The van der Waals surface area contributed by atoms with Crippen LogP contribution in [0.15, 0.2) is 30.6 Å². The molecule has 0 atom stereocenters. The third-order valence-corrected chi connectivity index (χ3v) is 3.22. The molecule has 0 aromatic carbocycles. The molecule has 1 aliphatic rings. The molecule has 1 N–H and O–H groups in total. The Hall–Kier alpha value is -1.97. The van der Waals surface area contributed by atoms with Crippen LogP contribution in [-0.4, -0.2) is 21.5 Å². The largest absolute Gasteiger partial charge is 0.370 e. The van der Waals surface area contributed by atoms with E-state index in [0.29, 0.717) is 5.92 Å². The first kappa shape index (κ1) is 12.1. The first-order valence-electron chi connectivity index (χ1n) is 6.90. The summed E-state index contributed by atoms with van der Waals surface area (Å²) in [5.74, 6) is 2.33. The van der Waals surface area contributed by atoms with E-state index in [4.69, 9.17) is 0 Å². The van der Waals surface area contributed by atoms with Gasteiger partial charge in [0, 0.05) is 42.2 Å². The minimum Gasteiger partial charge on any atom is -0.370 e. The van der Waals surface area contributed by atoms with E-state index < -0.39 is 0 Å². The van der Waals surface area contributed by atoms with Crippen molar-refractivity contribution in [3.63, 3.8) is 0 Å². The van der Waals surface area contributed by atoms with Gasteiger partial charge in [0.05, 0.1) is 0 Å². The summed E-state index contributed by atoms with van der Waals surface area (Å²) in [5.41, 5.74) is 2.14. The number of hydrogen-bond acceptors (Lipinski definition) is 4. The second-order valence-corrected chi connectivity index (χ2v) is 4.94. The Labute approximate surface area is 113 Å². The van der Waals surface area contributed by atoms with Crippen molar-refractivity contribution in [1.29, 1.82) is 0 Å². The average molecular weight is 254 g/mol. The first-order chi connectivity index (χ1) is 9.36. The summed E-state index contributed by atoms with van der Waals surface area (Å²) in [6, 6.07) is 6.01. The lowest BCUT2D eigenvalue weighted by Crippen LogP contribution is -2.05. The van der Waals surface area contributed by atoms with Crippen LogP contribution in [0.5, 0.6) is 0 Å². The molecule has 0 spiro atoms. The lowest BCUT2D eigenvalue weighted by atomic mass is 10.2. The van der Waals surface area contributed by atoms with Crippen LogP contribution in [0.25, 0.3) is 11.4 Å². The van der Waals surface area contributed by atoms with E-state index in [0.717, 1.165) is 35.9 Å². The quantitative estimate of drug-likeness (QED) is 0.890. The second kappa shape index (κ2) is 5.34. The van der Waals surface area contributed by atoms with Gasteiger partial charge in [-0.25, -0.2) is 9.97 Å². The zero-order valence-corrected chi connectivity index (χ0v) is 11.1. The number of hydrogen-bond donors (Lipinski definition) is 1. The van der Waals surface area contributed by atoms with E-state index in [-0.39, 0.29) is 0 Å². The average Bonchev–Trinajstić information content (AvgIpc) is 3.30. The number of nitrogens with zero attached hydrogens (tertiary/aromatic N) is 3. The normalized spacial score (nSPS) is 14.4. The van der Waals surface area contributed by atoms with Gasteiger partial charge in [0.15, 0.2) is 5.82 Å². The van der Waals surface area contributed by atoms with E-state index in [9.17, 15) is 0 Å². The van der Waals surface area contributed by atoms with Gasteiger partial charge >= 0.3 is 0 Å². The van der Waals surface area contributed by atoms with Crippen molar-refractivity contribution in [1.82, 2.24) is 15.0 Å². The number of pyridine rings is 1. The van der Waals surface area contributed by atoms with Gasteiger partial charge < -0.3 is 5.32 Å². The van der Waals surface area contributed by atoms with Crippen molar-refractivity contribution in [3.8, 4) is 11.4 Å². The number of aromatic nitrogens is 3. The number of nitrogens with one attached hydrogen (secondary N) is 1.